The van der Waals surface area contributed by atoms with E-state index in [9.17, 15) is 14.7 Å². The summed E-state index contributed by atoms with van der Waals surface area (Å²) in [5.41, 5.74) is 3.05. The van der Waals surface area contributed by atoms with Gasteiger partial charge in [-0.15, -0.1) is 0 Å². The zero-order valence-electron chi connectivity index (χ0n) is 17.0. The summed E-state index contributed by atoms with van der Waals surface area (Å²) in [6.45, 7) is 2.07. The van der Waals surface area contributed by atoms with Crippen molar-refractivity contribution in [2.75, 3.05) is 25.0 Å². The molecule has 2 aliphatic rings. The zero-order chi connectivity index (χ0) is 20.9. The minimum Gasteiger partial charge on any atom is -0.480 e. The number of nitrogens with zero attached hydrogens (tertiary/aromatic N) is 2. The Balaban J connectivity index is 1.20. The highest BCUT2D eigenvalue weighted by molar-refractivity contribution is 5.77. The smallest absolute Gasteiger partial charge is 0.325 e. The van der Waals surface area contributed by atoms with Crippen LogP contribution in [0.5, 0.6) is 0 Å². The number of benzene rings is 1. The lowest BCUT2D eigenvalue weighted by atomic mass is 9.99. The van der Waals surface area contributed by atoms with E-state index in [1.807, 2.05) is 35.2 Å². The monoisotopic (exact) mass is 408 g/mol. The topological polar surface area (TPSA) is 94.6 Å². The fraction of sp³-hybridized carbons (Fsp3) is 0.435. The van der Waals surface area contributed by atoms with Crippen molar-refractivity contribution >= 4 is 17.7 Å². The number of carboxylic acid groups (broad SMARTS) is 1. The Morgan fingerprint density at radius 2 is 2.00 bits per heavy atom. The van der Waals surface area contributed by atoms with Gasteiger partial charge < -0.3 is 15.7 Å². The number of anilines is 1. The number of carbonyl (C=O) groups is 2. The van der Waals surface area contributed by atoms with Crippen molar-refractivity contribution in [3.05, 3.63) is 59.3 Å². The third-order valence-corrected chi connectivity index (χ3v) is 5.78. The number of hydrogen-bond donors (Lipinski definition) is 3. The number of hydrogen-bond acceptors (Lipinski definition) is 5. The van der Waals surface area contributed by atoms with Gasteiger partial charge in [0.1, 0.15) is 11.9 Å². The summed E-state index contributed by atoms with van der Waals surface area (Å²) < 4.78 is 0. The first-order chi connectivity index (χ1) is 14.6. The molecule has 7 nitrogen and oxygen atoms in total. The summed E-state index contributed by atoms with van der Waals surface area (Å²) in [4.78, 5) is 30.5. The second-order valence-corrected chi connectivity index (χ2v) is 8.06. The summed E-state index contributed by atoms with van der Waals surface area (Å²) in [6.07, 6.45) is 4.18. The van der Waals surface area contributed by atoms with Gasteiger partial charge in [-0.05, 0) is 42.9 Å². The van der Waals surface area contributed by atoms with E-state index in [0.29, 0.717) is 19.5 Å². The van der Waals surface area contributed by atoms with E-state index in [2.05, 4.69) is 27.8 Å². The van der Waals surface area contributed by atoms with Gasteiger partial charge in [-0.3, -0.25) is 14.5 Å². The molecule has 30 heavy (non-hydrogen) atoms. The van der Waals surface area contributed by atoms with Gasteiger partial charge in [-0.1, -0.05) is 36.4 Å². The molecule has 7 heteroatoms. The van der Waals surface area contributed by atoms with Crippen LogP contribution in [-0.4, -0.2) is 52.5 Å². The van der Waals surface area contributed by atoms with E-state index in [0.717, 1.165) is 49.3 Å². The highest BCUT2D eigenvalue weighted by atomic mass is 16.4. The third-order valence-electron chi connectivity index (χ3n) is 5.78. The molecule has 1 aromatic carbocycles. The van der Waals surface area contributed by atoms with Crippen LogP contribution < -0.4 is 10.6 Å². The number of rotatable bonds is 8. The average Bonchev–Trinajstić information content (AvgIpc) is 2.72. The minimum atomic E-state index is -0.863. The van der Waals surface area contributed by atoms with E-state index in [4.69, 9.17) is 0 Å². The molecular weight excluding hydrogens is 380 g/mol. The van der Waals surface area contributed by atoms with Crippen LogP contribution >= 0.6 is 0 Å². The van der Waals surface area contributed by atoms with Crippen molar-refractivity contribution in [3.63, 3.8) is 0 Å². The van der Waals surface area contributed by atoms with Gasteiger partial charge in [0.05, 0.1) is 6.04 Å². The third kappa shape index (κ3) is 4.79. The molecule has 4 rings (SSSR count). The number of aromatic nitrogens is 1. The molecule has 2 aromatic rings. The molecule has 3 heterocycles. The minimum absolute atomic E-state index is 0.00846. The van der Waals surface area contributed by atoms with Crippen LogP contribution in [-0.2, 0) is 22.4 Å². The summed E-state index contributed by atoms with van der Waals surface area (Å²) in [7, 11) is 0. The SMILES string of the molecule is O=C(CCCc1ccc2c(n1)NCCC2)NC1CN(C(C(=O)O)c2ccccc2)C1. The molecule has 3 N–H and O–H groups in total. The maximum atomic E-state index is 12.3. The van der Waals surface area contributed by atoms with E-state index in [1.165, 1.54) is 5.56 Å². The van der Waals surface area contributed by atoms with Crippen molar-refractivity contribution < 1.29 is 14.7 Å². The van der Waals surface area contributed by atoms with Gasteiger partial charge in [-0.2, -0.15) is 0 Å². The number of carbonyl (C=O) groups excluding carboxylic acids is 1. The van der Waals surface area contributed by atoms with Crippen LogP contribution in [0.4, 0.5) is 5.82 Å². The van der Waals surface area contributed by atoms with E-state index >= 15 is 0 Å². The number of likely N-dealkylation sites (tertiary alicyclic amines) is 1. The quantitative estimate of drug-likeness (QED) is 0.621. The Morgan fingerprint density at radius 3 is 2.77 bits per heavy atom. The van der Waals surface area contributed by atoms with Gasteiger partial charge in [0, 0.05) is 31.7 Å². The van der Waals surface area contributed by atoms with E-state index in [1.54, 1.807) is 0 Å². The number of fused-ring (bicyclic) bond motifs is 1. The molecular formula is C23H28N4O3. The van der Waals surface area contributed by atoms with Gasteiger partial charge in [-0.25, -0.2) is 4.98 Å². The second kappa shape index (κ2) is 9.26. The summed E-state index contributed by atoms with van der Waals surface area (Å²) >= 11 is 0. The molecule has 0 aliphatic carbocycles. The molecule has 0 spiro atoms. The van der Waals surface area contributed by atoms with Crippen LogP contribution in [0.3, 0.4) is 0 Å². The fourth-order valence-electron chi connectivity index (χ4n) is 4.20. The Bertz CT molecular complexity index is 897. The molecule has 0 saturated carbocycles. The van der Waals surface area contributed by atoms with Crippen LogP contribution in [0.25, 0.3) is 0 Å². The first kappa shape index (κ1) is 20.3. The molecule has 158 valence electrons. The first-order valence-electron chi connectivity index (χ1n) is 10.6. The van der Waals surface area contributed by atoms with E-state index < -0.39 is 12.0 Å². The molecule has 0 radical (unpaired) electrons. The highest BCUT2D eigenvalue weighted by Crippen LogP contribution is 2.26. The summed E-state index contributed by atoms with van der Waals surface area (Å²) in [5, 5.41) is 16.0. The summed E-state index contributed by atoms with van der Waals surface area (Å²) in [5.74, 6) is 0.143. The normalized spacial score (nSPS) is 17.3. The van der Waals surface area contributed by atoms with Crippen molar-refractivity contribution in [1.82, 2.24) is 15.2 Å². The number of aliphatic carboxylic acids is 1. The zero-order valence-corrected chi connectivity index (χ0v) is 17.0. The molecule has 2 aliphatic heterocycles. The molecule has 1 amide bonds. The van der Waals surface area contributed by atoms with Gasteiger partial charge in [0.15, 0.2) is 0 Å². The number of amides is 1. The predicted octanol–water partition coefficient (Wildman–Crippen LogP) is 2.39. The lowest BCUT2D eigenvalue weighted by Gasteiger charge is -2.43. The van der Waals surface area contributed by atoms with Crippen molar-refractivity contribution in [3.8, 4) is 0 Å². The van der Waals surface area contributed by atoms with Crippen molar-refractivity contribution in [2.24, 2.45) is 0 Å². The number of carboxylic acids is 1. The summed E-state index contributed by atoms with van der Waals surface area (Å²) in [6, 6.07) is 12.8. The van der Waals surface area contributed by atoms with Crippen molar-refractivity contribution in [1.29, 1.82) is 0 Å². The predicted molar refractivity (Wildman–Crippen MR) is 114 cm³/mol. The van der Waals surface area contributed by atoms with Crippen LogP contribution in [0.15, 0.2) is 42.5 Å². The van der Waals surface area contributed by atoms with E-state index in [-0.39, 0.29) is 11.9 Å². The molecule has 1 atom stereocenters. The second-order valence-electron chi connectivity index (χ2n) is 8.06. The average molecular weight is 409 g/mol. The van der Waals surface area contributed by atoms with Gasteiger partial charge >= 0.3 is 5.97 Å². The molecule has 1 unspecified atom stereocenters. The van der Waals surface area contributed by atoms with Crippen LogP contribution in [0.2, 0.25) is 0 Å². The van der Waals surface area contributed by atoms with Gasteiger partial charge in [0.2, 0.25) is 5.91 Å². The number of pyridine rings is 1. The van der Waals surface area contributed by atoms with Gasteiger partial charge in [0.25, 0.3) is 0 Å². The lowest BCUT2D eigenvalue weighted by molar-refractivity contribution is -0.146. The Kier molecular flexibility index (Phi) is 6.28. The Hall–Kier alpha value is -2.93. The molecule has 1 fully saturated rings. The Labute approximate surface area is 176 Å². The molecule has 1 saturated heterocycles. The largest absolute Gasteiger partial charge is 0.480 e. The first-order valence-corrected chi connectivity index (χ1v) is 10.6. The standard InChI is InChI=1S/C23H28N4O3/c28-20(10-4-9-18-12-11-17-8-5-13-24-22(17)26-18)25-19-14-27(15-19)21(23(29)30)16-6-2-1-3-7-16/h1-3,6-7,11-12,19,21H,4-5,8-10,13-15H2,(H,24,26)(H,25,28)(H,29,30). The Morgan fingerprint density at radius 1 is 1.20 bits per heavy atom. The number of aryl methyl sites for hydroxylation is 2. The number of nitrogens with one attached hydrogen (secondary N) is 2. The fourth-order valence-corrected chi connectivity index (χ4v) is 4.20. The maximum absolute atomic E-state index is 12.3. The van der Waals surface area contributed by atoms with Crippen LogP contribution in [0, 0.1) is 0 Å². The molecule has 0 bridgehead atoms. The van der Waals surface area contributed by atoms with Crippen LogP contribution in [0.1, 0.15) is 42.1 Å². The maximum Gasteiger partial charge on any atom is 0.325 e. The highest BCUT2D eigenvalue weighted by Gasteiger charge is 2.37. The van der Waals surface area contributed by atoms with Crippen molar-refractivity contribution in [2.45, 2.75) is 44.2 Å². The molecule has 1 aromatic heterocycles. The lowest BCUT2D eigenvalue weighted by Crippen LogP contribution is -2.61.